The largest absolute Gasteiger partial charge is 0.493 e. The van der Waals surface area contributed by atoms with Gasteiger partial charge in [0.1, 0.15) is 11.9 Å². The number of carbonyl (C=O) groups is 3. The van der Waals surface area contributed by atoms with Gasteiger partial charge in [-0.05, 0) is 48.7 Å². The number of benzene rings is 2. The van der Waals surface area contributed by atoms with Crippen molar-refractivity contribution in [3.63, 3.8) is 0 Å². The summed E-state index contributed by atoms with van der Waals surface area (Å²) in [6, 6.07) is 11.9. The first-order chi connectivity index (χ1) is 17.5. The van der Waals surface area contributed by atoms with Gasteiger partial charge in [-0.1, -0.05) is 25.0 Å². The second-order valence-electron chi connectivity index (χ2n) is 9.54. The van der Waals surface area contributed by atoms with Gasteiger partial charge in [0.2, 0.25) is 5.91 Å². The first-order valence-corrected chi connectivity index (χ1v) is 12.4. The van der Waals surface area contributed by atoms with Crippen molar-refractivity contribution in [1.29, 1.82) is 0 Å². The molecule has 3 amide bonds. The molecule has 3 aliphatic heterocycles. The molecule has 1 aliphatic carbocycles. The van der Waals surface area contributed by atoms with E-state index in [0.717, 1.165) is 31.2 Å². The summed E-state index contributed by atoms with van der Waals surface area (Å²) in [5.41, 5.74) is 1.27. The van der Waals surface area contributed by atoms with Gasteiger partial charge < -0.3 is 29.7 Å². The lowest BCUT2D eigenvalue weighted by atomic mass is 10.1. The molecular formula is C27H31N3O6. The summed E-state index contributed by atoms with van der Waals surface area (Å²) in [7, 11) is 1.50. The van der Waals surface area contributed by atoms with Crippen LogP contribution in [0.1, 0.15) is 41.6 Å². The Morgan fingerprint density at radius 3 is 2.58 bits per heavy atom. The number of methoxy groups -OCH3 is 1. The molecule has 1 saturated heterocycles. The van der Waals surface area contributed by atoms with E-state index in [1.165, 1.54) is 7.11 Å². The van der Waals surface area contributed by atoms with Crippen molar-refractivity contribution in [2.24, 2.45) is 5.92 Å². The minimum atomic E-state index is -0.394. The van der Waals surface area contributed by atoms with Gasteiger partial charge in [-0.25, -0.2) is 0 Å². The predicted octanol–water partition coefficient (Wildman–Crippen LogP) is 2.28. The highest BCUT2D eigenvalue weighted by molar-refractivity contribution is 5.95. The topological polar surface area (TPSA) is 106 Å². The van der Waals surface area contributed by atoms with E-state index in [1.807, 2.05) is 29.2 Å². The van der Waals surface area contributed by atoms with E-state index in [2.05, 4.69) is 10.6 Å². The number of ether oxygens (including phenoxy) is 3. The number of hydrogen-bond acceptors (Lipinski definition) is 6. The van der Waals surface area contributed by atoms with Crippen LogP contribution in [-0.4, -0.2) is 61.6 Å². The molecule has 190 valence electrons. The van der Waals surface area contributed by atoms with Crippen molar-refractivity contribution in [3.8, 4) is 17.2 Å². The fourth-order valence-corrected chi connectivity index (χ4v) is 5.08. The Labute approximate surface area is 210 Å². The van der Waals surface area contributed by atoms with Crippen LogP contribution in [0.25, 0.3) is 0 Å². The second kappa shape index (κ2) is 10.5. The molecule has 1 saturated carbocycles. The van der Waals surface area contributed by atoms with Gasteiger partial charge in [-0.2, -0.15) is 0 Å². The third kappa shape index (κ3) is 5.24. The monoisotopic (exact) mass is 493 g/mol. The molecule has 2 fully saturated rings. The average molecular weight is 494 g/mol. The van der Waals surface area contributed by atoms with E-state index in [4.69, 9.17) is 14.2 Å². The van der Waals surface area contributed by atoms with E-state index in [-0.39, 0.29) is 36.3 Å². The number of rotatable bonds is 2. The number of fused-ring (bicyclic) bond motifs is 7. The lowest BCUT2D eigenvalue weighted by Crippen LogP contribution is -2.45. The van der Waals surface area contributed by atoms with Gasteiger partial charge in [0, 0.05) is 24.6 Å². The van der Waals surface area contributed by atoms with Crippen molar-refractivity contribution in [2.45, 2.75) is 44.4 Å². The summed E-state index contributed by atoms with van der Waals surface area (Å²) < 4.78 is 17.3. The third-order valence-electron chi connectivity index (χ3n) is 7.08. The number of nitrogens with zero attached hydrogens (tertiary/aromatic N) is 1. The van der Waals surface area contributed by atoms with Crippen molar-refractivity contribution < 1.29 is 28.6 Å². The van der Waals surface area contributed by atoms with Crippen LogP contribution in [0.3, 0.4) is 0 Å². The van der Waals surface area contributed by atoms with Crippen LogP contribution in [0, 0.1) is 5.92 Å². The summed E-state index contributed by atoms with van der Waals surface area (Å²) in [6.45, 7) is 0.928. The zero-order valence-electron chi connectivity index (χ0n) is 20.3. The number of amides is 3. The van der Waals surface area contributed by atoms with Crippen molar-refractivity contribution in [3.05, 3.63) is 53.6 Å². The van der Waals surface area contributed by atoms with Crippen molar-refractivity contribution in [1.82, 2.24) is 15.5 Å². The maximum absolute atomic E-state index is 13.2. The standard InChI is InChI=1S/C27H31N3O6/c1-34-22-11-8-19-12-23(22)35-16-25(31)28-13-17-6-9-20(10-7-17)36-24-15-30(14-21(24)29-26(19)32)27(33)18-4-2-3-5-18/h6-12,18,21,24H,2-5,13-16H2,1H3,(H,28,31)(H,29,32)/t21-,24-/m0/s1. The Bertz CT molecular complexity index is 1130. The minimum Gasteiger partial charge on any atom is -0.493 e. The summed E-state index contributed by atoms with van der Waals surface area (Å²) in [5.74, 6) is 0.948. The molecule has 6 rings (SSSR count). The zero-order chi connectivity index (χ0) is 25.1. The first kappa shape index (κ1) is 24.0. The molecule has 0 spiro atoms. The normalized spacial score (nSPS) is 22.6. The van der Waals surface area contributed by atoms with E-state index in [9.17, 15) is 14.4 Å². The number of hydrogen-bond donors (Lipinski definition) is 2. The zero-order valence-corrected chi connectivity index (χ0v) is 20.3. The smallest absolute Gasteiger partial charge is 0.258 e. The summed E-state index contributed by atoms with van der Waals surface area (Å²) in [6.07, 6.45) is 3.61. The van der Waals surface area contributed by atoms with Gasteiger partial charge in [0.05, 0.1) is 19.7 Å². The molecule has 0 radical (unpaired) electrons. The lowest BCUT2D eigenvalue weighted by Gasteiger charge is -2.21. The Hall–Kier alpha value is -3.75. The van der Waals surface area contributed by atoms with Crippen LogP contribution in [0.15, 0.2) is 42.5 Å². The Kier molecular flexibility index (Phi) is 6.97. The van der Waals surface area contributed by atoms with Crippen LogP contribution in [-0.2, 0) is 16.1 Å². The summed E-state index contributed by atoms with van der Waals surface area (Å²) in [4.78, 5) is 40.5. The quantitative estimate of drug-likeness (QED) is 0.665. The molecule has 9 heteroatoms. The molecule has 2 atom stereocenters. The molecule has 4 bridgehead atoms. The number of carbonyl (C=O) groups excluding carboxylic acids is 3. The second-order valence-corrected chi connectivity index (χ2v) is 9.54. The highest BCUT2D eigenvalue weighted by Gasteiger charge is 2.40. The van der Waals surface area contributed by atoms with Crippen LogP contribution in [0.2, 0.25) is 0 Å². The van der Waals surface area contributed by atoms with Gasteiger partial charge in [-0.15, -0.1) is 0 Å². The molecule has 36 heavy (non-hydrogen) atoms. The van der Waals surface area contributed by atoms with Gasteiger partial charge in [-0.3, -0.25) is 14.4 Å². The van der Waals surface area contributed by atoms with Crippen LogP contribution >= 0.6 is 0 Å². The predicted molar refractivity (Wildman–Crippen MR) is 131 cm³/mol. The lowest BCUT2D eigenvalue weighted by molar-refractivity contribution is -0.134. The maximum atomic E-state index is 13.2. The van der Waals surface area contributed by atoms with Crippen LogP contribution < -0.4 is 24.8 Å². The summed E-state index contributed by atoms with van der Waals surface area (Å²) in [5, 5.41) is 5.88. The third-order valence-corrected chi connectivity index (χ3v) is 7.08. The molecule has 9 nitrogen and oxygen atoms in total. The Morgan fingerprint density at radius 1 is 1.06 bits per heavy atom. The van der Waals surface area contributed by atoms with Crippen LogP contribution in [0.4, 0.5) is 0 Å². The first-order valence-electron chi connectivity index (χ1n) is 12.4. The SMILES string of the molecule is COc1ccc2cc1OCC(=O)NCc1ccc(cc1)O[C@H]1CN(C(=O)C3CCCC3)C[C@@H]1NC2=O. The molecule has 2 aromatic rings. The Morgan fingerprint density at radius 2 is 1.83 bits per heavy atom. The van der Waals surface area contributed by atoms with Gasteiger partial charge in [0.15, 0.2) is 18.1 Å². The average Bonchev–Trinajstić information content (AvgIpc) is 3.57. The summed E-state index contributed by atoms with van der Waals surface area (Å²) >= 11 is 0. The maximum Gasteiger partial charge on any atom is 0.258 e. The number of likely N-dealkylation sites (tertiary alicyclic amines) is 1. The molecule has 2 aromatic carbocycles. The van der Waals surface area contributed by atoms with Gasteiger partial charge in [0.25, 0.3) is 11.8 Å². The fourth-order valence-electron chi connectivity index (χ4n) is 5.08. The van der Waals surface area contributed by atoms with Crippen LogP contribution in [0.5, 0.6) is 17.2 Å². The van der Waals surface area contributed by atoms with E-state index in [1.54, 1.807) is 18.2 Å². The molecule has 4 aliphatic rings. The minimum absolute atomic E-state index is 0.0569. The van der Waals surface area contributed by atoms with E-state index >= 15 is 0 Å². The molecular weight excluding hydrogens is 462 g/mol. The van der Waals surface area contributed by atoms with Crippen molar-refractivity contribution in [2.75, 3.05) is 26.8 Å². The highest BCUT2D eigenvalue weighted by Crippen LogP contribution is 2.30. The fraction of sp³-hybridized carbons (Fsp3) is 0.444. The molecule has 2 N–H and O–H groups in total. The number of nitrogens with one attached hydrogen (secondary N) is 2. The molecule has 3 heterocycles. The van der Waals surface area contributed by atoms with Gasteiger partial charge >= 0.3 is 0 Å². The van der Waals surface area contributed by atoms with Crippen molar-refractivity contribution >= 4 is 17.7 Å². The molecule has 0 unspecified atom stereocenters. The van der Waals surface area contributed by atoms with E-state index in [0.29, 0.717) is 42.4 Å². The Balaban J connectivity index is 1.42. The highest BCUT2D eigenvalue weighted by atomic mass is 16.5. The van der Waals surface area contributed by atoms with E-state index < -0.39 is 6.10 Å². The molecule has 0 aromatic heterocycles.